The fourth-order valence-corrected chi connectivity index (χ4v) is 2.76. The topological polar surface area (TPSA) is 21.7 Å². The van der Waals surface area contributed by atoms with Crippen LogP contribution in [0.15, 0.2) is 28.7 Å². The van der Waals surface area contributed by atoms with Crippen molar-refractivity contribution in [3.8, 4) is 5.75 Å². The molecule has 1 aromatic carbocycles. The molecule has 2 rings (SSSR count). The first-order valence-electron chi connectivity index (χ1n) is 7.54. The average molecular weight is 342 g/mol. The molecule has 0 radical (unpaired) electrons. The van der Waals surface area contributed by atoms with E-state index in [1.54, 1.807) is 0 Å². The van der Waals surface area contributed by atoms with Crippen LogP contribution in [0, 0.1) is 0 Å². The average Bonchev–Trinajstić information content (AvgIpc) is 2.49. The summed E-state index contributed by atoms with van der Waals surface area (Å²) < 4.78 is 12.1. The first-order chi connectivity index (χ1) is 9.86. The molecule has 0 N–H and O–H groups in total. The number of morpholine rings is 1. The van der Waals surface area contributed by atoms with Crippen LogP contribution in [0.1, 0.15) is 25.7 Å². The maximum absolute atomic E-state index is 5.76. The van der Waals surface area contributed by atoms with Crippen molar-refractivity contribution in [3.05, 3.63) is 28.7 Å². The molecule has 4 heteroatoms. The van der Waals surface area contributed by atoms with Gasteiger partial charge >= 0.3 is 0 Å². The summed E-state index contributed by atoms with van der Waals surface area (Å²) in [5.41, 5.74) is 0. The van der Waals surface area contributed by atoms with Crippen LogP contribution < -0.4 is 4.74 Å². The monoisotopic (exact) mass is 341 g/mol. The number of para-hydroxylation sites is 1. The van der Waals surface area contributed by atoms with Gasteiger partial charge in [0, 0.05) is 13.1 Å². The van der Waals surface area contributed by atoms with Gasteiger partial charge in [-0.1, -0.05) is 25.0 Å². The lowest BCUT2D eigenvalue weighted by Gasteiger charge is -2.26. The molecule has 0 saturated carbocycles. The Hall–Kier alpha value is -0.580. The van der Waals surface area contributed by atoms with Crippen LogP contribution in [0.2, 0.25) is 0 Å². The Bertz CT molecular complexity index is 380. The molecular weight excluding hydrogens is 318 g/mol. The zero-order valence-electron chi connectivity index (χ0n) is 12.0. The molecule has 3 nitrogen and oxygen atoms in total. The molecule has 0 atom stereocenters. The van der Waals surface area contributed by atoms with Gasteiger partial charge in [0.25, 0.3) is 0 Å². The normalized spacial score (nSPS) is 16.2. The van der Waals surface area contributed by atoms with Crippen LogP contribution in [0.25, 0.3) is 0 Å². The van der Waals surface area contributed by atoms with Gasteiger partial charge in [-0.25, -0.2) is 0 Å². The quantitative estimate of drug-likeness (QED) is 0.672. The van der Waals surface area contributed by atoms with E-state index in [2.05, 4.69) is 20.8 Å². The molecule has 1 aromatic rings. The molecule has 0 unspecified atom stereocenters. The van der Waals surface area contributed by atoms with Gasteiger partial charge in [0.15, 0.2) is 0 Å². The largest absolute Gasteiger partial charge is 0.492 e. The van der Waals surface area contributed by atoms with E-state index < -0.39 is 0 Å². The molecule has 0 bridgehead atoms. The van der Waals surface area contributed by atoms with Gasteiger partial charge in [-0.3, -0.25) is 4.90 Å². The van der Waals surface area contributed by atoms with E-state index in [0.717, 1.165) is 49.6 Å². The van der Waals surface area contributed by atoms with E-state index in [0.29, 0.717) is 0 Å². The summed E-state index contributed by atoms with van der Waals surface area (Å²) in [7, 11) is 0. The number of hydrogen-bond donors (Lipinski definition) is 0. The highest BCUT2D eigenvalue weighted by atomic mass is 79.9. The second-order valence-electron chi connectivity index (χ2n) is 5.15. The maximum Gasteiger partial charge on any atom is 0.133 e. The number of ether oxygens (including phenoxy) is 2. The smallest absolute Gasteiger partial charge is 0.133 e. The maximum atomic E-state index is 5.76. The van der Waals surface area contributed by atoms with E-state index in [9.17, 15) is 0 Å². The van der Waals surface area contributed by atoms with Gasteiger partial charge in [0.1, 0.15) is 5.75 Å². The minimum Gasteiger partial charge on any atom is -0.492 e. The van der Waals surface area contributed by atoms with Crippen LogP contribution >= 0.6 is 15.9 Å². The Morgan fingerprint density at radius 3 is 2.60 bits per heavy atom. The van der Waals surface area contributed by atoms with Crippen molar-refractivity contribution in [3.63, 3.8) is 0 Å². The van der Waals surface area contributed by atoms with E-state index in [1.165, 1.54) is 25.8 Å². The fraction of sp³-hybridized carbons (Fsp3) is 0.625. The van der Waals surface area contributed by atoms with E-state index in [4.69, 9.17) is 9.47 Å². The Balaban J connectivity index is 1.46. The summed E-state index contributed by atoms with van der Waals surface area (Å²) in [6.45, 7) is 6.03. The van der Waals surface area contributed by atoms with Crippen molar-refractivity contribution in [1.82, 2.24) is 4.90 Å². The number of benzene rings is 1. The standard InChI is InChI=1S/C16H24BrNO2/c17-15-7-3-4-8-16(15)20-12-6-2-1-5-9-18-10-13-19-14-11-18/h3-4,7-8H,1-2,5-6,9-14H2. The molecule has 0 amide bonds. The Kier molecular flexibility index (Phi) is 7.41. The number of rotatable bonds is 8. The highest BCUT2D eigenvalue weighted by Crippen LogP contribution is 2.23. The predicted molar refractivity (Wildman–Crippen MR) is 85.4 cm³/mol. The van der Waals surface area contributed by atoms with Gasteiger partial charge in [-0.2, -0.15) is 0 Å². The van der Waals surface area contributed by atoms with Gasteiger partial charge in [-0.05, 0) is 47.4 Å². The van der Waals surface area contributed by atoms with Crippen molar-refractivity contribution >= 4 is 15.9 Å². The molecule has 1 heterocycles. The highest BCUT2D eigenvalue weighted by Gasteiger charge is 2.08. The number of halogens is 1. The third-order valence-electron chi connectivity index (χ3n) is 3.57. The third kappa shape index (κ3) is 5.81. The fourth-order valence-electron chi connectivity index (χ4n) is 2.36. The lowest BCUT2D eigenvalue weighted by molar-refractivity contribution is 0.0371. The Morgan fingerprint density at radius 1 is 1.05 bits per heavy atom. The second-order valence-corrected chi connectivity index (χ2v) is 6.00. The Labute approximate surface area is 130 Å². The van der Waals surface area contributed by atoms with Crippen molar-refractivity contribution in [2.75, 3.05) is 39.5 Å². The Morgan fingerprint density at radius 2 is 1.80 bits per heavy atom. The first kappa shape index (κ1) is 15.8. The predicted octanol–water partition coefficient (Wildman–Crippen LogP) is 3.72. The molecule has 1 aliphatic rings. The minimum atomic E-state index is 0.806. The third-order valence-corrected chi connectivity index (χ3v) is 4.22. The SMILES string of the molecule is Brc1ccccc1OCCCCCCN1CCOCC1. The zero-order valence-corrected chi connectivity index (χ0v) is 13.6. The summed E-state index contributed by atoms with van der Waals surface area (Å²) in [6.07, 6.45) is 4.95. The zero-order chi connectivity index (χ0) is 14.0. The first-order valence-corrected chi connectivity index (χ1v) is 8.33. The number of hydrogen-bond acceptors (Lipinski definition) is 3. The van der Waals surface area contributed by atoms with E-state index >= 15 is 0 Å². The van der Waals surface area contributed by atoms with Crippen molar-refractivity contribution in [1.29, 1.82) is 0 Å². The van der Waals surface area contributed by atoms with Crippen LogP contribution in [0.4, 0.5) is 0 Å². The molecule has 0 aliphatic carbocycles. The molecule has 0 aromatic heterocycles. The van der Waals surface area contributed by atoms with Crippen LogP contribution in [-0.2, 0) is 4.74 Å². The van der Waals surface area contributed by atoms with Crippen molar-refractivity contribution < 1.29 is 9.47 Å². The molecule has 0 spiro atoms. The number of unbranched alkanes of at least 4 members (excludes halogenated alkanes) is 3. The molecule has 1 fully saturated rings. The van der Waals surface area contributed by atoms with Crippen molar-refractivity contribution in [2.24, 2.45) is 0 Å². The summed E-state index contributed by atoms with van der Waals surface area (Å²) in [4.78, 5) is 2.50. The highest BCUT2D eigenvalue weighted by molar-refractivity contribution is 9.10. The lowest BCUT2D eigenvalue weighted by Crippen LogP contribution is -2.36. The molecular formula is C16H24BrNO2. The lowest BCUT2D eigenvalue weighted by atomic mass is 10.2. The van der Waals surface area contributed by atoms with E-state index in [1.807, 2.05) is 24.3 Å². The summed E-state index contributed by atoms with van der Waals surface area (Å²) >= 11 is 3.49. The van der Waals surface area contributed by atoms with Crippen LogP contribution in [0.5, 0.6) is 5.75 Å². The van der Waals surface area contributed by atoms with Crippen LogP contribution in [0.3, 0.4) is 0 Å². The van der Waals surface area contributed by atoms with Gasteiger partial charge in [0.2, 0.25) is 0 Å². The molecule has 1 saturated heterocycles. The number of nitrogens with zero attached hydrogens (tertiary/aromatic N) is 1. The molecule has 1 aliphatic heterocycles. The van der Waals surface area contributed by atoms with Crippen molar-refractivity contribution in [2.45, 2.75) is 25.7 Å². The van der Waals surface area contributed by atoms with Gasteiger partial charge < -0.3 is 9.47 Å². The summed E-state index contributed by atoms with van der Waals surface area (Å²) in [6, 6.07) is 8.02. The van der Waals surface area contributed by atoms with Gasteiger partial charge in [0.05, 0.1) is 24.3 Å². The minimum absolute atomic E-state index is 0.806. The van der Waals surface area contributed by atoms with Gasteiger partial charge in [-0.15, -0.1) is 0 Å². The second kappa shape index (κ2) is 9.37. The summed E-state index contributed by atoms with van der Waals surface area (Å²) in [5, 5.41) is 0. The van der Waals surface area contributed by atoms with Crippen LogP contribution in [-0.4, -0.2) is 44.4 Å². The summed E-state index contributed by atoms with van der Waals surface area (Å²) in [5.74, 6) is 0.945. The molecule has 112 valence electrons. The molecule has 20 heavy (non-hydrogen) atoms. The van der Waals surface area contributed by atoms with E-state index in [-0.39, 0.29) is 0 Å².